The Hall–Kier alpha value is -2.16. The molecule has 0 aromatic heterocycles. The van der Waals surface area contributed by atoms with Crippen LogP contribution in [0.25, 0.3) is 0 Å². The minimum atomic E-state index is 0.0161. The number of phenolic OH excluding ortho intramolecular Hbond substituents is 2. The van der Waals surface area contributed by atoms with Crippen molar-refractivity contribution in [2.45, 2.75) is 19.8 Å². The van der Waals surface area contributed by atoms with Crippen molar-refractivity contribution >= 4 is 0 Å². The molecule has 0 saturated carbocycles. The van der Waals surface area contributed by atoms with Gasteiger partial charge in [-0.3, -0.25) is 0 Å². The van der Waals surface area contributed by atoms with Gasteiger partial charge in [0.05, 0.1) is 0 Å². The molecule has 0 aliphatic carbocycles. The van der Waals surface area contributed by atoms with Gasteiger partial charge in [-0.25, -0.2) is 0 Å². The predicted octanol–water partition coefficient (Wildman–Crippen LogP) is 3.30. The maximum atomic E-state index is 9.87. The van der Waals surface area contributed by atoms with Crippen LogP contribution in [0, 0.1) is 6.92 Å². The average molecular weight is 242 g/mol. The quantitative estimate of drug-likeness (QED) is 0.745. The van der Waals surface area contributed by atoms with Gasteiger partial charge in [0.25, 0.3) is 0 Å². The highest BCUT2D eigenvalue weighted by molar-refractivity contribution is 5.54. The molecule has 3 rings (SSSR count). The van der Waals surface area contributed by atoms with Crippen molar-refractivity contribution < 1.29 is 14.9 Å². The van der Waals surface area contributed by atoms with E-state index in [-0.39, 0.29) is 11.5 Å². The zero-order valence-corrected chi connectivity index (χ0v) is 10.1. The van der Waals surface area contributed by atoms with Gasteiger partial charge in [-0.1, -0.05) is 12.1 Å². The molecule has 3 nitrogen and oxygen atoms in total. The number of ether oxygens (including phenoxy) is 1. The van der Waals surface area contributed by atoms with E-state index in [0.717, 1.165) is 23.3 Å². The first-order valence-corrected chi connectivity index (χ1v) is 5.96. The van der Waals surface area contributed by atoms with Crippen molar-refractivity contribution in [3.05, 3.63) is 47.0 Å². The third-order valence-corrected chi connectivity index (χ3v) is 3.38. The maximum absolute atomic E-state index is 9.87. The van der Waals surface area contributed by atoms with Crippen LogP contribution in [0.5, 0.6) is 23.0 Å². The molecule has 0 saturated heterocycles. The van der Waals surface area contributed by atoms with Crippen molar-refractivity contribution in [1.29, 1.82) is 0 Å². The average Bonchev–Trinajstić information content (AvgIpc) is 2.48. The van der Waals surface area contributed by atoms with E-state index in [1.807, 2.05) is 12.1 Å². The third-order valence-electron chi connectivity index (χ3n) is 3.38. The lowest BCUT2D eigenvalue weighted by molar-refractivity contribution is 0.427. The summed E-state index contributed by atoms with van der Waals surface area (Å²) < 4.78 is 5.82. The van der Waals surface area contributed by atoms with E-state index in [1.165, 1.54) is 11.6 Å². The lowest BCUT2D eigenvalue weighted by atomic mass is 10.00. The Morgan fingerprint density at radius 3 is 2.61 bits per heavy atom. The summed E-state index contributed by atoms with van der Waals surface area (Å²) in [5.41, 5.74) is 3.10. The summed E-state index contributed by atoms with van der Waals surface area (Å²) in [5.74, 6) is 1.45. The van der Waals surface area contributed by atoms with E-state index in [4.69, 9.17) is 4.74 Å². The SMILES string of the molecule is Cc1cccc2c1CCc1c(O)cc(O)cc1O2. The smallest absolute Gasteiger partial charge is 0.138 e. The second-order valence-electron chi connectivity index (χ2n) is 4.60. The fraction of sp³-hybridized carbons (Fsp3) is 0.200. The molecule has 92 valence electrons. The second-order valence-corrected chi connectivity index (χ2v) is 4.60. The van der Waals surface area contributed by atoms with Gasteiger partial charge < -0.3 is 14.9 Å². The Balaban J connectivity index is 2.15. The number of rotatable bonds is 0. The normalized spacial score (nSPS) is 13.2. The number of hydrogen-bond donors (Lipinski definition) is 2. The first kappa shape index (κ1) is 11.0. The van der Waals surface area contributed by atoms with Crippen molar-refractivity contribution in [1.82, 2.24) is 0 Å². The summed E-state index contributed by atoms with van der Waals surface area (Å²) in [6.07, 6.45) is 1.53. The van der Waals surface area contributed by atoms with E-state index in [9.17, 15) is 10.2 Å². The topological polar surface area (TPSA) is 49.7 Å². The monoisotopic (exact) mass is 242 g/mol. The van der Waals surface area contributed by atoms with Crippen LogP contribution < -0.4 is 4.74 Å². The summed E-state index contributed by atoms with van der Waals surface area (Å²) in [7, 11) is 0. The first-order valence-electron chi connectivity index (χ1n) is 5.96. The number of benzene rings is 2. The molecule has 0 unspecified atom stereocenters. The molecule has 0 fully saturated rings. The van der Waals surface area contributed by atoms with Gasteiger partial charge in [0.15, 0.2) is 0 Å². The minimum Gasteiger partial charge on any atom is -0.508 e. The number of aryl methyl sites for hydroxylation is 1. The molecular weight excluding hydrogens is 228 g/mol. The van der Waals surface area contributed by atoms with Crippen LogP contribution in [0.1, 0.15) is 16.7 Å². The molecule has 2 N–H and O–H groups in total. The standard InChI is InChI=1S/C15H14O3/c1-9-3-2-4-14-11(9)5-6-12-13(17)7-10(16)8-15(12)18-14/h2-4,7-8,16-17H,5-6H2,1H3. The van der Waals surface area contributed by atoms with Crippen LogP contribution in [0.3, 0.4) is 0 Å². The van der Waals surface area contributed by atoms with E-state index in [2.05, 4.69) is 13.0 Å². The lowest BCUT2D eigenvalue weighted by Crippen LogP contribution is -1.92. The molecule has 2 aromatic carbocycles. The molecule has 18 heavy (non-hydrogen) atoms. The first-order chi connectivity index (χ1) is 8.65. The van der Waals surface area contributed by atoms with Gasteiger partial charge in [-0.2, -0.15) is 0 Å². The summed E-state index contributed by atoms with van der Waals surface area (Å²) in [5, 5.41) is 19.4. The largest absolute Gasteiger partial charge is 0.508 e. The van der Waals surface area contributed by atoms with Crippen LogP contribution in [0.2, 0.25) is 0 Å². The Bertz CT molecular complexity index is 617. The van der Waals surface area contributed by atoms with E-state index in [0.29, 0.717) is 12.2 Å². The van der Waals surface area contributed by atoms with Gasteiger partial charge in [-0.05, 0) is 37.0 Å². The zero-order valence-electron chi connectivity index (χ0n) is 10.1. The van der Waals surface area contributed by atoms with Crippen LogP contribution in [0.4, 0.5) is 0 Å². The Labute approximate surface area is 105 Å². The molecule has 0 radical (unpaired) electrons. The highest BCUT2D eigenvalue weighted by atomic mass is 16.5. The summed E-state index contributed by atoms with van der Waals surface area (Å²) >= 11 is 0. The van der Waals surface area contributed by atoms with Gasteiger partial charge in [0.1, 0.15) is 23.0 Å². The molecule has 3 heteroatoms. The van der Waals surface area contributed by atoms with Crippen LogP contribution in [-0.4, -0.2) is 10.2 Å². The molecule has 1 aliphatic heterocycles. The van der Waals surface area contributed by atoms with Crippen LogP contribution >= 0.6 is 0 Å². The molecule has 0 spiro atoms. The van der Waals surface area contributed by atoms with Gasteiger partial charge in [0.2, 0.25) is 0 Å². The zero-order chi connectivity index (χ0) is 12.7. The van der Waals surface area contributed by atoms with Crippen molar-refractivity contribution in [3.63, 3.8) is 0 Å². The number of hydrogen-bond acceptors (Lipinski definition) is 3. The minimum absolute atomic E-state index is 0.0161. The number of phenols is 2. The fourth-order valence-electron chi connectivity index (χ4n) is 2.42. The fourth-order valence-corrected chi connectivity index (χ4v) is 2.42. The summed E-state index contributed by atoms with van der Waals surface area (Å²) in [6, 6.07) is 8.81. The highest BCUT2D eigenvalue weighted by Crippen LogP contribution is 2.40. The number of fused-ring (bicyclic) bond motifs is 2. The third kappa shape index (κ3) is 1.68. The summed E-state index contributed by atoms with van der Waals surface area (Å²) in [4.78, 5) is 0. The maximum Gasteiger partial charge on any atom is 0.138 e. The van der Waals surface area contributed by atoms with Crippen LogP contribution in [0.15, 0.2) is 30.3 Å². The van der Waals surface area contributed by atoms with Gasteiger partial charge in [-0.15, -0.1) is 0 Å². The van der Waals surface area contributed by atoms with Crippen molar-refractivity contribution in [2.75, 3.05) is 0 Å². The lowest BCUT2D eigenvalue weighted by Gasteiger charge is -2.11. The van der Waals surface area contributed by atoms with E-state index in [1.54, 1.807) is 6.07 Å². The second kappa shape index (κ2) is 3.95. The Morgan fingerprint density at radius 1 is 1.00 bits per heavy atom. The predicted molar refractivity (Wildman–Crippen MR) is 68.4 cm³/mol. The van der Waals surface area contributed by atoms with E-state index < -0.39 is 0 Å². The van der Waals surface area contributed by atoms with Crippen LogP contribution in [-0.2, 0) is 12.8 Å². The van der Waals surface area contributed by atoms with Gasteiger partial charge in [0, 0.05) is 17.7 Å². The Kier molecular flexibility index (Phi) is 2.40. The molecule has 0 atom stereocenters. The molecule has 0 amide bonds. The molecule has 0 bridgehead atoms. The molecule has 2 aromatic rings. The summed E-state index contributed by atoms with van der Waals surface area (Å²) in [6.45, 7) is 2.05. The van der Waals surface area contributed by atoms with Crippen molar-refractivity contribution in [2.24, 2.45) is 0 Å². The van der Waals surface area contributed by atoms with E-state index >= 15 is 0 Å². The molecule has 1 aliphatic rings. The number of aromatic hydroxyl groups is 2. The molecular formula is C15H14O3. The highest BCUT2D eigenvalue weighted by Gasteiger charge is 2.19. The van der Waals surface area contributed by atoms with Crippen molar-refractivity contribution in [3.8, 4) is 23.0 Å². The van der Waals surface area contributed by atoms with Gasteiger partial charge >= 0.3 is 0 Å². The Morgan fingerprint density at radius 2 is 1.78 bits per heavy atom. The molecule has 1 heterocycles.